The third-order valence-electron chi connectivity index (χ3n) is 2.97. The van der Waals surface area contributed by atoms with Crippen molar-refractivity contribution in [1.82, 2.24) is 19.7 Å². The van der Waals surface area contributed by atoms with Crippen molar-refractivity contribution in [3.05, 3.63) is 54.5 Å². The molecule has 3 N–H and O–H groups in total. The number of hydrogen-bond donors (Lipinski definition) is 3. The molecule has 0 radical (unpaired) electrons. The molecule has 0 unspecified atom stereocenters. The average Bonchev–Trinajstić information content (AvgIpc) is 2.94. The molecule has 110 valence electrons. The van der Waals surface area contributed by atoms with E-state index in [1.165, 1.54) is 6.21 Å². The first kappa shape index (κ1) is 13.7. The van der Waals surface area contributed by atoms with Gasteiger partial charge < -0.3 is 16.0 Å². The highest BCUT2D eigenvalue weighted by atomic mass is 15.3. The second-order valence-electron chi connectivity index (χ2n) is 4.66. The molecule has 0 bridgehead atoms. The van der Waals surface area contributed by atoms with Crippen molar-refractivity contribution < 1.29 is 0 Å². The predicted octanol–water partition coefficient (Wildman–Crippen LogP) is 2.69. The van der Waals surface area contributed by atoms with Gasteiger partial charge in [-0.25, -0.2) is 4.98 Å². The van der Waals surface area contributed by atoms with E-state index in [2.05, 4.69) is 25.7 Å². The number of aromatic nitrogens is 4. The van der Waals surface area contributed by atoms with E-state index in [0.717, 1.165) is 11.4 Å². The van der Waals surface area contributed by atoms with E-state index in [0.29, 0.717) is 17.3 Å². The smallest absolute Gasteiger partial charge is 0.229 e. The molecular weight excluding hydrogens is 278 g/mol. The first-order chi connectivity index (χ1) is 10.7. The molecule has 0 saturated heterocycles. The maximum Gasteiger partial charge on any atom is 0.229 e. The number of nitrogens with one attached hydrogen (secondary N) is 3. The van der Waals surface area contributed by atoms with Crippen LogP contribution in [-0.4, -0.2) is 26.0 Å². The van der Waals surface area contributed by atoms with Crippen molar-refractivity contribution in [2.45, 2.75) is 0 Å². The lowest BCUT2D eigenvalue weighted by Gasteiger charge is -2.10. The summed E-state index contributed by atoms with van der Waals surface area (Å²) in [5, 5.41) is 17.8. The molecule has 0 amide bonds. The number of aryl methyl sites for hydroxylation is 1. The number of rotatable bonds is 5. The van der Waals surface area contributed by atoms with Gasteiger partial charge in [0.25, 0.3) is 0 Å². The van der Waals surface area contributed by atoms with E-state index in [1.807, 2.05) is 43.6 Å². The Hall–Kier alpha value is -3.22. The fourth-order valence-corrected chi connectivity index (χ4v) is 1.93. The average molecular weight is 293 g/mol. The summed E-state index contributed by atoms with van der Waals surface area (Å²) in [5.74, 6) is 1.01. The van der Waals surface area contributed by atoms with Crippen LogP contribution in [0.15, 0.2) is 48.9 Å². The zero-order valence-corrected chi connectivity index (χ0v) is 12.0. The van der Waals surface area contributed by atoms with Crippen LogP contribution in [-0.2, 0) is 7.05 Å². The summed E-state index contributed by atoms with van der Waals surface area (Å²) in [5.41, 5.74) is 2.31. The number of para-hydroxylation sites is 1. The Morgan fingerprint density at radius 3 is 2.59 bits per heavy atom. The summed E-state index contributed by atoms with van der Waals surface area (Å²) in [7, 11) is 1.84. The van der Waals surface area contributed by atoms with E-state index in [4.69, 9.17) is 5.41 Å². The second-order valence-corrected chi connectivity index (χ2v) is 4.66. The van der Waals surface area contributed by atoms with Gasteiger partial charge in [-0.3, -0.25) is 4.68 Å². The summed E-state index contributed by atoms with van der Waals surface area (Å²) in [6.45, 7) is 0. The van der Waals surface area contributed by atoms with Crippen LogP contribution in [0, 0.1) is 5.41 Å². The maximum atomic E-state index is 7.47. The predicted molar refractivity (Wildman–Crippen MR) is 86.1 cm³/mol. The van der Waals surface area contributed by atoms with E-state index in [-0.39, 0.29) is 0 Å². The fraction of sp³-hybridized carbons (Fsp3) is 0.0667. The largest absolute Gasteiger partial charge is 0.340 e. The Morgan fingerprint density at radius 2 is 1.91 bits per heavy atom. The molecule has 0 fully saturated rings. The third kappa shape index (κ3) is 3.09. The van der Waals surface area contributed by atoms with Gasteiger partial charge in [-0.1, -0.05) is 18.2 Å². The van der Waals surface area contributed by atoms with Crippen molar-refractivity contribution >= 4 is 29.4 Å². The Labute approximate surface area is 127 Å². The highest BCUT2D eigenvalue weighted by Gasteiger charge is 2.07. The van der Waals surface area contributed by atoms with Gasteiger partial charge in [0.2, 0.25) is 5.95 Å². The van der Waals surface area contributed by atoms with E-state index < -0.39 is 0 Å². The highest BCUT2D eigenvalue weighted by molar-refractivity contribution is 5.85. The van der Waals surface area contributed by atoms with E-state index >= 15 is 0 Å². The number of hydrogen-bond acceptors (Lipinski definition) is 6. The fourth-order valence-electron chi connectivity index (χ4n) is 1.93. The summed E-state index contributed by atoms with van der Waals surface area (Å²) < 4.78 is 1.69. The number of benzene rings is 1. The lowest BCUT2D eigenvalue weighted by Crippen LogP contribution is -2.03. The van der Waals surface area contributed by atoms with Crippen LogP contribution in [0.25, 0.3) is 0 Å². The number of nitrogens with zero attached hydrogens (tertiary/aromatic N) is 4. The Morgan fingerprint density at radius 1 is 1.09 bits per heavy atom. The molecule has 3 aromatic rings. The summed E-state index contributed by atoms with van der Waals surface area (Å²) >= 11 is 0. The van der Waals surface area contributed by atoms with Gasteiger partial charge in [0.1, 0.15) is 5.82 Å². The first-order valence-electron chi connectivity index (χ1n) is 6.70. The quantitative estimate of drug-likeness (QED) is 0.629. The second kappa shape index (κ2) is 6.04. The van der Waals surface area contributed by atoms with Crippen LogP contribution in [0.3, 0.4) is 0 Å². The monoisotopic (exact) mass is 293 g/mol. The minimum Gasteiger partial charge on any atom is -0.340 e. The molecule has 0 atom stereocenters. The zero-order valence-electron chi connectivity index (χ0n) is 12.0. The van der Waals surface area contributed by atoms with Crippen molar-refractivity contribution in [3.63, 3.8) is 0 Å². The maximum absolute atomic E-state index is 7.47. The Balaban J connectivity index is 1.87. The van der Waals surface area contributed by atoms with Crippen LogP contribution in [0.5, 0.6) is 0 Å². The highest BCUT2D eigenvalue weighted by Crippen LogP contribution is 2.19. The zero-order chi connectivity index (χ0) is 15.4. The topological polar surface area (TPSA) is 91.5 Å². The lowest BCUT2D eigenvalue weighted by atomic mass is 10.3. The van der Waals surface area contributed by atoms with E-state index in [1.54, 1.807) is 17.1 Å². The van der Waals surface area contributed by atoms with Gasteiger partial charge in [0.15, 0.2) is 0 Å². The molecule has 1 aromatic carbocycles. The van der Waals surface area contributed by atoms with Crippen LogP contribution >= 0.6 is 0 Å². The minimum atomic E-state index is 0.442. The summed E-state index contributed by atoms with van der Waals surface area (Å²) in [6.07, 6.45) is 6.35. The minimum absolute atomic E-state index is 0.442. The normalized spacial score (nSPS) is 10.2. The van der Waals surface area contributed by atoms with Crippen LogP contribution in [0.1, 0.15) is 5.56 Å². The summed E-state index contributed by atoms with van der Waals surface area (Å²) in [6, 6.07) is 9.68. The summed E-state index contributed by atoms with van der Waals surface area (Å²) in [4.78, 5) is 8.63. The van der Waals surface area contributed by atoms with Crippen molar-refractivity contribution in [1.29, 1.82) is 5.41 Å². The number of anilines is 4. The van der Waals surface area contributed by atoms with Crippen LogP contribution in [0.2, 0.25) is 0 Å². The van der Waals surface area contributed by atoms with Crippen molar-refractivity contribution in [3.8, 4) is 0 Å². The molecule has 0 aliphatic rings. The molecule has 7 nitrogen and oxygen atoms in total. The molecule has 0 saturated carbocycles. The molecule has 22 heavy (non-hydrogen) atoms. The SMILES string of the molecule is Cn1cc(Nc2ncc(C=N)c(Nc3ccccc3)n2)cn1. The van der Waals surface area contributed by atoms with Crippen LogP contribution < -0.4 is 10.6 Å². The van der Waals surface area contributed by atoms with Crippen LogP contribution in [0.4, 0.5) is 23.1 Å². The van der Waals surface area contributed by atoms with Gasteiger partial charge in [0, 0.05) is 31.3 Å². The molecule has 0 aliphatic heterocycles. The van der Waals surface area contributed by atoms with Gasteiger partial charge in [-0.15, -0.1) is 0 Å². The van der Waals surface area contributed by atoms with E-state index in [9.17, 15) is 0 Å². The molecular formula is C15H15N7. The molecule has 0 spiro atoms. The van der Waals surface area contributed by atoms with Gasteiger partial charge >= 0.3 is 0 Å². The third-order valence-corrected chi connectivity index (χ3v) is 2.97. The van der Waals surface area contributed by atoms with Crippen molar-refractivity contribution in [2.75, 3.05) is 10.6 Å². The molecule has 0 aliphatic carbocycles. The van der Waals surface area contributed by atoms with Crippen molar-refractivity contribution in [2.24, 2.45) is 7.05 Å². The molecule has 2 heterocycles. The molecule has 7 heteroatoms. The Kier molecular flexibility index (Phi) is 3.78. The van der Waals surface area contributed by atoms with Gasteiger partial charge in [0.05, 0.1) is 17.4 Å². The standard InChI is InChI=1S/C15H15N7/c1-22-10-13(9-18-22)20-15-17-8-11(7-16)14(21-15)19-12-5-3-2-4-6-12/h2-10,16H,1H3,(H2,17,19,20,21). The van der Waals surface area contributed by atoms with Gasteiger partial charge in [-0.05, 0) is 12.1 Å². The molecule has 3 rings (SSSR count). The molecule has 2 aromatic heterocycles. The lowest BCUT2D eigenvalue weighted by molar-refractivity contribution is 0.768. The van der Waals surface area contributed by atoms with Gasteiger partial charge in [-0.2, -0.15) is 10.1 Å². The Bertz CT molecular complexity index is 780. The first-order valence-corrected chi connectivity index (χ1v) is 6.70.